The lowest BCUT2D eigenvalue weighted by atomic mass is 10.1. The Morgan fingerprint density at radius 2 is 2.18 bits per heavy atom. The maximum Gasteiger partial charge on any atom is 0.202 e. The van der Waals surface area contributed by atoms with Crippen molar-refractivity contribution in [3.63, 3.8) is 0 Å². The summed E-state index contributed by atoms with van der Waals surface area (Å²) in [6.07, 6.45) is 1.68. The van der Waals surface area contributed by atoms with E-state index >= 15 is 0 Å². The van der Waals surface area contributed by atoms with Crippen LogP contribution in [-0.2, 0) is 6.42 Å². The lowest BCUT2D eigenvalue weighted by Gasteiger charge is -2.03. The molecule has 88 valence electrons. The molecular formula is C13H10BrFO2. The Balaban J connectivity index is 2.22. The summed E-state index contributed by atoms with van der Waals surface area (Å²) >= 11 is 3.23. The molecule has 1 aromatic carbocycles. The average Bonchev–Trinajstić information content (AvgIpc) is 2.68. The van der Waals surface area contributed by atoms with Crippen molar-refractivity contribution in [3.8, 4) is 0 Å². The minimum Gasteiger partial charge on any atom is -0.461 e. The summed E-state index contributed by atoms with van der Waals surface area (Å²) in [5.41, 5.74) is 1.56. The molecule has 2 rings (SSSR count). The number of halogens is 2. The van der Waals surface area contributed by atoms with E-state index in [4.69, 9.17) is 4.42 Å². The van der Waals surface area contributed by atoms with Crippen molar-refractivity contribution >= 4 is 21.7 Å². The Morgan fingerprint density at radius 3 is 2.76 bits per heavy atom. The van der Waals surface area contributed by atoms with Crippen LogP contribution in [0.25, 0.3) is 0 Å². The van der Waals surface area contributed by atoms with Crippen LogP contribution in [0.4, 0.5) is 4.39 Å². The molecule has 4 heteroatoms. The Labute approximate surface area is 107 Å². The van der Waals surface area contributed by atoms with E-state index < -0.39 is 0 Å². The number of carbonyl (C=O) groups excluding carboxylic acids is 1. The highest BCUT2D eigenvalue weighted by Crippen LogP contribution is 2.21. The molecule has 0 fully saturated rings. The third kappa shape index (κ3) is 2.64. The number of carbonyl (C=O) groups is 1. The third-order valence-corrected chi connectivity index (χ3v) is 3.22. The number of benzene rings is 1. The highest BCUT2D eigenvalue weighted by Gasteiger charge is 2.14. The zero-order valence-corrected chi connectivity index (χ0v) is 10.8. The Bertz CT molecular complexity index is 560. The quantitative estimate of drug-likeness (QED) is 0.804. The van der Waals surface area contributed by atoms with Crippen LogP contribution in [-0.4, -0.2) is 5.78 Å². The van der Waals surface area contributed by atoms with Crippen LogP contribution < -0.4 is 0 Å². The van der Waals surface area contributed by atoms with E-state index in [0.717, 1.165) is 11.1 Å². The second-order valence-electron chi connectivity index (χ2n) is 3.77. The number of ketones is 1. The molecule has 0 aliphatic carbocycles. The van der Waals surface area contributed by atoms with Gasteiger partial charge in [-0.3, -0.25) is 4.79 Å². The largest absolute Gasteiger partial charge is 0.461 e. The van der Waals surface area contributed by atoms with Gasteiger partial charge >= 0.3 is 0 Å². The van der Waals surface area contributed by atoms with Crippen LogP contribution in [0.5, 0.6) is 0 Å². The number of furan rings is 1. The zero-order valence-electron chi connectivity index (χ0n) is 9.17. The Kier molecular flexibility index (Phi) is 3.43. The van der Waals surface area contributed by atoms with Crippen LogP contribution in [0.15, 0.2) is 39.4 Å². The van der Waals surface area contributed by atoms with Crippen molar-refractivity contribution < 1.29 is 13.6 Å². The number of hydrogen-bond donors (Lipinski definition) is 0. The Hall–Kier alpha value is -1.42. The number of aryl methyl sites for hydroxylation is 1. The molecule has 0 aliphatic rings. The smallest absolute Gasteiger partial charge is 0.202 e. The Morgan fingerprint density at radius 1 is 1.41 bits per heavy atom. The van der Waals surface area contributed by atoms with Gasteiger partial charge in [0.15, 0.2) is 5.76 Å². The SMILES string of the molecule is Cc1ccoc1C(=O)Cc1ccc(F)cc1Br. The maximum atomic E-state index is 12.9. The fourth-order valence-corrected chi connectivity index (χ4v) is 2.07. The van der Waals surface area contributed by atoms with Crippen molar-refractivity contribution in [1.29, 1.82) is 0 Å². The molecule has 0 saturated heterocycles. The van der Waals surface area contributed by atoms with Gasteiger partial charge in [0.05, 0.1) is 6.26 Å². The van der Waals surface area contributed by atoms with E-state index in [1.54, 1.807) is 12.1 Å². The topological polar surface area (TPSA) is 30.2 Å². The third-order valence-electron chi connectivity index (χ3n) is 2.48. The molecule has 0 bridgehead atoms. The minimum atomic E-state index is -0.331. The van der Waals surface area contributed by atoms with Gasteiger partial charge in [-0.2, -0.15) is 0 Å². The molecule has 1 heterocycles. The normalized spacial score (nSPS) is 10.5. The molecule has 0 aliphatic heterocycles. The summed E-state index contributed by atoms with van der Waals surface area (Å²) in [5.74, 6) is -0.0803. The fraction of sp³-hybridized carbons (Fsp3) is 0.154. The van der Waals surface area contributed by atoms with Gasteiger partial charge in [-0.05, 0) is 36.2 Å². The highest BCUT2D eigenvalue weighted by atomic mass is 79.9. The van der Waals surface area contributed by atoms with Crippen LogP contribution in [0.2, 0.25) is 0 Å². The number of hydrogen-bond acceptors (Lipinski definition) is 2. The number of Topliss-reactive ketones (excluding diaryl/α,β-unsaturated/α-hetero) is 1. The highest BCUT2D eigenvalue weighted by molar-refractivity contribution is 9.10. The monoisotopic (exact) mass is 296 g/mol. The van der Waals surface area contributed by atoms with E-state index in [1.807, 2.05) is 6.92 Å². The molecule has 0 unspecified atom stereocenters. The van der Waals surface area contributed by atoms with Crippen molar-refractivity contribution in [2.24, 2.45) is 0 Å². The van der Waals surface area contributed by atoms with E-state index in [0.29, 0.717) is 10.2 Å². The van der Waals surface area contributed by atoms with Gasteiger partial charge in [0, 0.05) is 10.9 Å². The molecule has 17 heavy (non-hydrogen) atoms. The van der Waals surface area contributed by atoms with E-state index in [1.165, 1.54) is 18.4 Å². The first kappa shape index (κ1) is 12.0. The minimum absolute atomic E-state index is 0.111. The van der Waals surface area contributed by atoms with E-state index in [-0.39, 0.29) is 18.0 Å². The van der Waals surface area contributed by atoms with Crippen molar-refractivity contribution in [3.05, 3.63) is 57.7 Å². The number of rotatable bonds is 3. The summed E-state index contributed by atoms with van der Waals surface area (Å²) in [5, 5.41) is 0. The molecule has 2 nitrogen and oxygen atoms in total. The summed E-state index contributed by atoms with van der Waals surface area (Å²) in [6, 6.07) is 6.02. The predicted molar refractivity (Wildman–Crippen MR) is 65.6 cm³/mol. The van der Waals surface area contributed by atoms with Gasteiger partial charge in [-0.25, -0.2) is 4.39 Å². The summed E-state index contributed by atoms with van der Waals surface area (Å²) in [4.78, 5) is 11.9. The van der Waals surface area contributed by atoms with Crippen molar-refractivity contribution in [2.75, 3.05) is 0 Å². The molecule has 1 aromatic heterocycles. The molecule has 0 N–H and O–H groups in total. The molecule has 0 amide bonds. The fourth-order valence-electron chi connectivity index (χ4n) is 1.58. The lowest BCUT2D eigenvalue weighted by Crippen LogP contribution is -2.04. The molecule has 0 spiro atoms. The van der Waals surface area contributed by atoms with Crippen molar-refractivity contribution in [2.45, 2.75) is 13.3 Å². The standard InChI is InChI=1S/C13H10BrFO2/c1-8-4-5-17-13(8)12(16)6-9-2-3-10(15)7-11(9)14/h2-5,7H,6H2,1H3. The lowest BCUT2D eigenvalue weighted by molar-refractivity contribution is 0.0965. The van der Waals surface area contributed by atoms with Crippen LogP contribution in [0.3, 0.4) is 0 Å². The second kappa shape index (κ2) is 4.84. The van der Waals surface area contributed by atoms with Gasteiger partial charge < -0.3 is 4.42 Å². The van der Waals surface area contributed by atoms with Gasteiger partial charge in [-0.1, -0.05) is 22.0 Å². The van der Waals surface area contributed by atoms with Crippen LogP contribution in [0, 0.1) is 12.7 Å². The average molecular weight is 297 g/mol. The first-order valence-electron chi connectivity index (χ1n) is 5.09. The summed E-state index contributed by atoms with van der Waals surface area (Å²) in [7, 11) is 0. The molecule has 0 radical (unpaired) electrons. The molecule has 0 saturated carbocycles. The van der Waals surface area contributed by atoms with E-state index in [2.05, 4.69) is 15.9 Å². The van der Waals surface area contributed by atoms with E-state index in [9.17, 15) is 9.18 Å². The first-order valence-corrected chi connectivity index (χ1v) is 5.88. The summed E-state index contributed by atoms with van der Waals surface area (Å²) < 4.78 is 18.6. The zero-order chi connectivity index (χ0) is 12.4. The maximum absolute atomic E-state index is 12.9. The molecular weight excluding hydrogens is 287 g/mol. The van der Waals surface area contributed by atoms with Crippen molar-refractivity contribution in [1.82, 2.24) is 0 Å². The molecule has 0 atom stereocenters. The predicted octanol–water partition coefficient (Wildman–Crippen LogP) is 3.92. The van der Waals surface area contributed by atoms with Gasteiger partial charge in [0.1, 0.15) is 5.82 Å². The second-order valence-corrected chi connectivity index (χ2v) is 4.62. The first-order chi connectivity index (χ1) is 8.08. The van der Waals surface area contributed by atoms with Gasteiger partial charge in [-0.15, -0.1) is 0 Å². The summed E-state index contributed by atoms with van der Waals surface area (Å²) in [6.45, 7) is 1.82. The van der Waals surface area contributed by atoms with Gasteiger partial charge in [0.25, 0.3) is 0 Å². The van der Waals surface area contributed by atoms with Crippen LogP contribution in [0.1, 0.15) is 21.7 Å². The van der Waals surface area contributed by atoms with Crippen LogP contribution >= 0.6 is 15.9 Å². The van der Waals surface area contributed by atoms with Gasteiger partial charge in [0.2, 0.25) is 5.78 Å². The molecule has 2 aromatic rings.